The van der Waals surface area contributed by atoms with E-state index >= 15 is 0 Å². The number of likely N-dealkylation sites (tertiary alicyclic amines) is 1. The second-order valence-electron chi connectivity index (χ2n) is 11.8. The van der Waals surface area contributed by atoms with Crippen LogP contribution in [0.25, 0.3) is 0 Å². The van der Waals surface area contributed by atoms with Crippen molar-refractivity contribution in [3.8, 4) is 0 Å². The maximum atomic E-state index is 14.5. The Balaban J connectivity index is 1.67. The highest BCUT2D eigenvalue weighted by Crippen LogP contribution is 2.65. The standard InChI is InChI=1S/C30H46N2O6/c1-5-7-8-12-19-37-28(36)24-23-26(34)32(17-13-18-33)25(30(23)20-21(3)29(24,4)38-30)27(35)31(16-6-2)22-14-10-9-11-15-22/h5-6,21-25,33H,1-2,7-20H2,3-4H3/t21?,23-,24-,25?,29+,30?/m0/s1. The first kappa shape index (κ1) is 28.8. The molecule has 0 aromatic rings. The Labute approximate surface area is 227 Å². The minimum atomic E-state index is -1.08. The molecule has 3 unspecified atom stereocenters. The number of carbonyl (C=O) groups excluding carboxylic acids is 3. The summed E-state index contributed by atoms with van der Waals surface area (Å²) in [6.07, 6.45) is 12.1. The van der Waals surface area contributed by atoms with Crippen molar-refractivity contribution in [1.29, 1.82) is 0 Å². The van der Waals surface area contributed by atoms with Crippen LogP contribution < -0.4 is 0 Å². The van der Waals surface area contributed by atoms with Crippen LogP contribution in [0.3, 0.4) is 0 Å². The average molecular weight is 531 g/mol. The molecule has 1 spiro atoms. The lowest BCUT2D eigenvalue weighted by Gasteiger charge is -2.41. The van der Waals surface area contributed by atoms with E-state index in [4.69, 9.17) is 9.47 Å². The SMILES string of the molecule is C=CCCCCOC(=O)[C@@H]1[C@H]2C(=O)N(CCCO)C(C(=O)N(CC=C)C3CCCCC3)C23CC(C)[C@@]1(C)O3. The fourth-order valence-corrected chi connectivity index (χ4v) is 7.62. The molecule has 3 saturated heterocycles. The number of esters is 1. The molecule has 1 N–H and O–H groups in total. The number of rotatable bonds is 13. The molecule has 2 bridgehead atoms. The molecule has 1 aliphatic carbocycles. The zero-order valence-corrected chi connectivity index (χ0v) is 23.2. The van der Waals surface area contributed by atoms with Crippen LogP contribution in [0.15, 0.2) is 25.3 Å². The lowest BCUT2D eigenvalue weighted by molar-refractivity contribution is -0.162. The molecular weight excluding hydrogens is 484 g/mol. The van der Waals surface area contributed by atoms with Crippen LogP contribution in [-0.4, -0.2) is 82.3 Å². The fourth-order valence-electron chi connectivity index (χ4n) is 7.62. The summed E-state index contributed by atoms with van der Waals surface area (Å²) < 4.78 is 12.5. The van der Waals surface area contributed by atoms with Crippen molar-refractivity contribution in [2.45, 2.75) is 101 Å². The second kappa shape index (κ2) is 11.9. The number of carbonyl (C=O) groups is 3. The van der Waals surface area contributed by atoms with Crippen LogP contribution in [0.5, 0.6) is 0 Å². The van der Waals surface area contributed by atoms with E-state index in [1.165, 1.54) is 6.42 Å². The third-order valence-electron chi connectivity index (χ3n) is 9.53. The molecule has 0 aromatic heterocycles. The van der Waals surface area contributed by atoms with Gasteiger partial charge in [0, 0.05) is 25.7 Å². The van der Waals surface area contributed by atoms with E-state index in [9.17, 15) is 19.5 Å². The highest BCUT2D eigenvalue weighted by Gasteiger charge is 2.80. The molecule has 38 heavy (non-hydrogen) atoms. The van der Waals surface area contributed by atoms with Crippen LogP contribution in [0.2, 0.25) is 0 Å². The predicted octanol–water partition coefficient (Wildman–Crippen LogP) is 3.63. The normalized spacial score (nSPS) is 34.3. The van der Waals surface area contributed by atoms with Crippen LogP contribution in [0, 0.1) is 17.8 Å². The van der Waals surface area contributed by atoms with Crippen molar-refractivity contribution in [3.63, 3.8) is 0 Å². The Bertz CT molecular complexity index is 916. The molecule has 4 aliphatic rings. The van der Waals surface area contributed by atoms with Crippen LogP contribution in [-0.2, 0) is 23.9 Å². The van der Waals surface area contributed by atoms with E-state index in [-0.39, 0.29) is 43.5 Å². The maximum absolute atomic E-state index is 14.5. The molecule has 6 atom stereocenters. The van der Waals surface area contributed by atoms with Gasteiger partial charge < -0.3 is 24.4 Å². The van der Waals surface area contributed by atoms with Crippen molar-refractivity contribution in [2.75, 3.05) is 26.3 Å². The molecule has 8 nitrogen and oxygen atoms in total. The van der Waals surface area contributed by atoms with E-state index < -0.39 is 35.0 Å². The number of hydrogen-bond donors (Lipinski definition) is 1. The van der Waals surface area contributed by atoms with E-state index in [2.05, 4.69) is 13.2 Å². The fraction of sp³-hybridized carbons (Fsp3) is 0.767. The average Bonchev–Trinajstić information content (AvgIpc) is 3.42. The van der Waals surface area contributed by atoms with Gasteiger partial charge in [-0.25, -0.2) is 0 Å². The van der Waals surface area contributed by atoms with E-state index in [0.717, 1.165) is 44.9 Å². The number of hydrogen-bond acceptors (Lipinski definition) is 6. The van der Waals surface area contributed by atoms with E-state index in [0.29, 0.717) is 19.4 Å². The summed E-state index contributed by atoms with van der Waals surface area (Å²) in [5.41, 5.74) is -1.97. The topological polar surface area (TPSA) is 96.4 Å². The Hall–Kier alpha value is -2.19. The Kier molecular flexibility index (Phi) is 9.03. The molecule has 4 rings (SSSR count). The van der Waals surface area contributed by atoms with E-state index in [1.807, 2.05) is 24.8 Å². The summed E-state index contributed by atoms with van der Waals surface area (Å²) in [7, 11) is 0. The van der Waals surface area contributed by atoms with Crippen molar-refractivity contribution < 1.29 is 29.0 Å². The van der Waals surface area contributed by atoms with Crippen LogP contribution in [0.1, 0.15) is 78.1 Å². The Morgan fingerprint density at radius 2 is 1.92 bits per heavy atom. The predicted molar refractivity (Wildman–Crippen MR) is 144 cm³/mol. The van der Waals surface area contributed by atoms with Gasteiger partial charge in [-0.05, 0) is 57.8 Å². The summed E-state index contributed by atoms with van der Waals surface area (Å²) in [5.74, 6) is -2.34. The van der Waals surface area contributed by atoms with Crippen molar-refractivity contribution in [2.24, 2.45) is 17.8 Å². The summed E-state index contributed by atoms with van der Waals surface area (Å²) in [6.45, 7) is 12.4. The number of unbranched alkanes of at least 4 members (excludes halogenated alkanes) is 2. The largest absolute Gasteiger partial charge is 0.465 e. The Morgan fingerprint density at radius 3 is 2.58 bits per heavy atom. The lowest BCUT2D eigenvalue weighted by atomic mass is 9.62. The zero-order valence-electron chi connectivity index (χ0n) is 23.2. The van der Waals surface area contributed by atoms with Gasteiger partial charge in [0.2, 0.25) is 11.8 Å². The second-order valence-corrected chi connectivity index (χ2v) is 11.8. The molecule has 1 saturated carbocycles. The molecule has 4 fully saturated rings. The number of ether oxygens (including phenoxy) is 2. The summed E-state index contributed by atoms with van der Waals surface area (Å²) >= 11 is 0. The van der Waals surface area contributed by atoms with Gasteiger partial charge in [-0.3, -0.25) is 14.4 Å². The molecule has 3 aliphatic heterocycles. The van der Waals surface area contributed by atoms with Gasteiger partial charge in [0.25, 0.3) is 0 Å². The first-order chi connectivity index (χ1) is 18.3. The number of aliphatic hydroxyl groups excluding tert-OH is 1. The minimum absolute atomic E-state index is 0.0273. The van der Waals surface area contributed by atoms with Gasteiger partial charge in [-0.1, -0.05) is 38.3 Å². The van der Waals surface area contributed by atoms with Gasteiger partial charge in [-0.15, -0.1) is 13.2 Å². The number of allylic oxidation sites excluding steroid dienone is 1. The molecular formula is C30H46N2O6. The van der Waals surface area contributed by atoms with Crippen molar-refractivity contribution in [3.05, 3.63) is 25.3 Å². The minimum Gasteiger partial charge on any atom is -0.465 e. The highest BCUT2D eigenvalue weighted by molar-refractivity contribution is 5.98. The smallest absolute Gasteiger partial charge is 0.312 e. The van der Waals surface area contributed by atoms with Crippen LogP contribution in [0.4, 0.5) is 0 Å². The number of nitrogens with zero attached hydrogens (tertiary/aromatic N) is 2. The summed E-state index contributed by atoms with van der Waals surface area (Å²) in [6, 6.07) is -0.731. The van der Waals surface area contributed by atoms with Crippen molar-refractivity contribution in [1.82, 2.24) is 9.80 Å². The first-order valence-electron chi connectivity index (χ1n) is 14.6. The molecule has 8 heteroatoms. The van der Waals surface area contributed by atoms with Gasteiger partial charge in [0.05, 0.1) is 18.1 Å². The van der Waals surface area contributed by atoms with Gasteiger partial charge in [-0.2, -0.15) is 0 Å². The lowest BCUT2D eigenvalue weighted by Crippen LogP contribution is -2.58. The van der Waals surface area contributed by atoms with E-state index in [1.54, 1.807) is 11.0 Å². The number of amides is 2. The molecule has 2 amide bonds. The number of aliphatic hydroxyl groups is 1. The van der Waals surface area contributed by atoms with Gasteiger partial charge in [0.15, 0.2) is 0 Å². The Morgan fingerprint density at radius 1 is 1.18 bits per heavy atom. The molecule has 0 radical (unpaired) electrons. The third-order valence-corrected chi connectivity index (χ3v) is 9.53. The first-order valence-corrected chi connectivity index (χ1v) is 14.6. The van der Waals surface area contributed by atoms with Crippen molar-refractivity contribution >= 4 is 17.8 Å². The monoisotopic (exact) mass is 530 g/mol. The quantitative estimate of drug-likeness (QED) is 0.222. The summed E-state index contributed by atoms with van der Waals surface area (Å²) in [5, 5.41) is 9.59. The zero-order chi connectivity index (χ0) is 27.5. The highest BCUT2D eigenvalue weighted by atomic mass is 16.6. The van der Waals surface area contributed by atoms with Gasteiger partial charge in [0.1, 0.15) is 17.6 Å². The molecule has 212 valence electrons. The molecule has 0 aromatic carbocycles. The maximum Gasteiger partial charge on any atom is 0.312 e. The summed E-state index contributed by atoms with van der Waals surface area (Å²) in [4.78, 5) is 45.6. The van der Waals surface area contributed by atoms with Crippen LogP contribution >= 0.6 is 0 Å². The molecule has 3 heterocycles. The number of fused-ring (bicyclic) bond motifs is 1. The van der Waals surface area contributed by atoms with Gasteiger partial charge >= 0.3 is 5.97 Å². The third kappa shape index (κ3) is 4.83.